The predicted octanol–water partition coefficient (Wildman–Crippen LogP) is 3.16. The number of oxime groups is 1. The van der Waals surface area contributed by atoms with Gasteiger partial charge < -0.3 is 14.3 Å². The molecule has 2 aromatic carbocycles. The van der Waals surface area contributed by atoms with Crippen molar-refractivity contribution < 1.29 is 19.1 Å². The van der Waals surface area contributed by atoms with E-state index in [1.807, 2.05) is 48.5 Å². The largest absolute Gasteiger partial charge is 0.463 e. The minimum absolute atomic E-state index is 0.298. The van der Waals surface area contributed by atoms with Crippen molar-refractivity contribution >= 4 is 12.0 Å². The molecule has 0 aromatic heterocycles. The van der Waals surface area contributed by atoms with Gasteiger partial charge in [-0.1, -0.05) is 36.4 Å². The molecule has 25 heavy (non-hydrogen) atoms. The Kier molecular flexibility index (Phi) is 4.08. The molecular formula is C19H16N2O4. The molecule has 2 heterocycles. The van der Waals surface area contributed by atoms with E-state index in [1.54, 1.807) is 24.4 Å². The van der Waals surface area contributed by atoms with Gasteiger partial charge in [0.05, 0.1) is 6.54 Å². The molecule has 0 spiro atoms. The van der Waals surface area contributed by atoms with E-state index in [0.717, 1.165) is 5.56 Å². The second-order valence-electron chi connectivity index (χ2n) is 5.66. The van der Waals surface area contributed by atoms with Gasteiger partial charge in [-0.25, -0.2) is 4.79 Å². The van der Waals surface area contributed by atoms with E-state index in [2.05, 4.69) is 5.16 Å². The number of ether oxygens (including phenoxy) is 2. The highest BCUT2D eigenvalue weighted by Gasteiger charge is 2.35. The molecule has 0 fully saturated rings. The Labute approximate surface area is 144 Å². The van der Waals surface area contributed by atoms with Crippen LogP contribution in [-0.4, -0.2) is 35.6 Å². The van der Waals surface area contributed by atoms with Crippen LogP contribution in [0.15, 0.2) is 78.1 Å². The number of para-hydroxylation sites is 1. The zero-order valence-electron chi connectivity index (χ0n) is 13.3. The van der Waals surface area contributed by atoms with Crippen LogP contribution in [-0.2, 0) is 9.57 Å². The number of hydrogen-bond acceptors (Lipinski definition) is 5. The molecule has 0 radical (unpaired) electrons. The Balaban J connectivity index is 1.42. The van der Waals surface area contributed by atoms with Crippen LogP contribution in [0.3, 0.4) is 0 Å². The Morgan fingerprint density at radius 2 is 1.80 bits per heavy atom. The van der Waals surface area contributed by atoms with Crippen LogP contribution in [0.1, 0.15) is 5.56 Å². The molecule has 0 bridgehead atoms. The SMILES string of the molecule is O=C(Oc1ccccc1)N1C=CC2OC(c3ccccc3)=NOC2C1. The quantitative estimate of drug-likeness (QED) is 0.845. The average molecular weight is 336 g/mol. The first-order valence-electron chi connectivity index (χ1n) is 7.97. The van der Waals surface area contributed by atoms with Crippen molar-refractivity contribution in [2.45, 2.75) is 12.2 Å². The molecule has 2 atom stereocenters. The molecule has 2 aromatic rings. The van der Waals surface area contributed by atoms with Gasteiger partial charge in [-0.2, -0.15) is 0 Å². The van der Waals surface area contributed by atoms with Crippen LogP contribution in [0.5, 0.6) is 5.75 Å². The van der Waals surface area contributed by atoms with Gasteiger partial charge in [0.25, 0.3) is 5.90 Å². The molecule has 2 unspecified atom stereocenters. The summed E-state index contributed by atoms with van der Waals surface area (Å²) in [5, 5.41) is 4.04. The number of fused-ring (bicyclic) bond motifs is 1. The first-order valence-corrected chi connectivity index (χ1v) is 7.97. The molecule has 6 heteroatoms. The molecule has 1 amide bonds. The Morgan fingerprint density at radius 3 is 2.56 bits per heavy atom. The molecule has 2 aliphatic heterocycles. The standard InChI is InChI=1S/C19H16N2O4/c22-19(23-15-9-5-2-6-10-15)21-12-11-16-17(13-21)25-20-18(24-16)14-7-3-1-4-8-14/h1-12,16-17H,13H2. The van der Waals surface area contributed by atoms with E-state index in [1.165, 1.54) is 4.90 Å². The zero-order valence-corrected chi connectivity index (χ0v) is 13.3. The fraction of sp³-hybridized carbons (Fsp3) is 0.158. The van der Waals surface area contributed by atoms with Gasteiger partial charge >= 0.3 is 6.09 Å². The Hall–Kier alpha value is -3.28. The zero-order chi connectivity index (χ0) is 17.1. The van der Waals surface area contributed by atoms with Crippen molar-refractivity contribution in [1.82, 2.24) is 4.90 Å². The maximum atomic E-state index is 12.2. The summed E-state index contributed by atoms with van der Waals surface area (Å²) in [6, 6.07) is 18.5. The van der Waals surface area contributed by atoms with E-state index in [0.29, 0.717) is 18.2 Å². The summed E-state index contributed by atoms with van der Waals surface area (Å²) in [6.45, 7) is 0.304. The second kappa shape index (κ2) is 6.68. The second-order valence-corrected chi connectivity index (χ2v) is 5.66. The Morgan fingerprint density at radius 1 is 1.08 bits per heavy atom. The summed E-state index contributed by atoms with van der Waals surface area (Å²) in [7, 11) is 0. The number of rotatable bonds is 2. The van der Waals surface area contributed by atoms with Crippen molar-refractivity contribution in [2.24, 2.45) is 5.16 Å². The van der Waals surface area contributed by atoms with Crippen molar-refractivity contribution in [2.75, 3.05) is 6.54 Å². The van der Waals surface area contributed by atoms with Gasteiger partial charge in [0, 0.05) is 11.8 Å². The lowest BCUT2D eigenvalue weighted by atomic mass is 10.1. The fourth-order valence-corrected chi connectivity index (χ4v) is 2.63. The van der Waals surface area contributed by atoms with Crippen molar-refractivity contribution in [3.8, 4) is 5.75 Å². The summed E-state index contributed by atoms with van der Waals surface area (Å²) in [5.74, 6) is 0.931. The highest BCUT2D eigenvalue weighted by molar-refractivity contribution is 5.94. The third kappa shape index (κ3) is 3.33. The number of carbonyl (C=O) groups excluding carboxylic acids is 1. The first-order chi connectivity index (χ1) is 12.3. The lowest BCUT2D eigenvalue weighted by Crippen LogP contribution is -2.48. The van der Waals surface area contributed by atoms with Crippen LogP contribution < -0.4 is 4.74 Å². The molecular weight excluding hydrogens is 320 g/mol. The summed E-state index contributed by atoms with van der Waals surface area (Å²) in [5.41, 5.74) is 0.847. The molecule has 4 rings (SSSR count). The van der Waals surface area contributed by atoms with E-state index in [-0.39, 0.29) is 12.2 Å². The number of nitrogens with zero attached hydrogens (tertiary/aromatic N) is 2. The Bertz CT molecular complexity index is 805. The van der Waals surface area contributed by atoms with Crippen molar-refractivity contribution in [3.05, 3.63) is 78.5 Å². The highest BCUT2D eigenvalue weighted by Crippen LogP contribution is 2.22. The summed E-state index contributed by atoms with van der Waals surface area (Å²) in [4.78, 5) is 19.2. The van der Waals surface area contributed by atoms with Crippen molar-refractivity contribution in [3.63, 3.8) is 0 Å². The molecule has 0 saturated carbocycles. The normalized spacial score (nSPS) is 21.4. The average Bonchev–Trinajstić information content (AvgIpc) is 2.68. The third-order valence-corrected chi connectivity index (χ3v) is 3.92. The van der Waals surface area contributed by atoms with Crippen LogP contribution >= 0.6 is 0 Å². The molecule has 2 aliphatic rings. The van der Waals surface area contributed by atoms with Gasteiger partial charge in [-0.3, -0.25) is 4.90 Å². The van der Waals surface area contributed by atoms with E-state index in [4.69, 9.17) is 14.3 Å². The van der Waals surface area contributed by atoms with E-state index < -0.39 is 6.09 Å². The predicted molar refractivity (Wildman–Crippen MR) is 91.0 cm³/mol. The molecule has 0 saturated heterocycles. The van der Waals surface area contributed by atoms with Crippen LogP contribution in [0.25, 0.3) is 0 Å². The summed E-state index contributed by atoms with van der Waals surface area (Å²) >= 11 is 0. The number of carbonyl (C=O) groups is 1. The van der Waals surface area contributed by atoms with Gasteiger partial charge in [0.15, 0.2) is 12.2 Å². The third-order valence-electron chi connectivity index (χ3n) is 3.92. The topological polar surface area (TPSA) is 60.4 Å². The van der Waals surface area contributed by atoms with Gasteiger partial charge in [0.2, 0.25) is 0 Å². The smallest absolute Gasteiger partial charge is 0.419 e. The van der Waals surface area contributed by atoms with E-state index in [9.17, 15) is 4.79 Å². The number of amides is 1. The fourth-order valence-electron chi connectivity index (χ4n) is 2.63. The maximum Gasteiger partial charge on any atom is 0.419 e. The summed E-state index contributed by atoms with van der Waals surface area (Å²) < 4.78 is 11.2. The van der Waals surface area contributed by atoms with E-state index >= 15 is 0 Å². The lowest BCUT2D eigenvalue weighted by Gasteiger charge is -2.34. The minimum atomic E-state index is -0.470. The van der Waals surface area contributed by atoms with Gasteiger partial charge in [0.1, 0.15) is 5.75 Å². The molecule has 6 nitrogen and oxygen atoms in total. The molecule has 126 valence electrons. The van der Waals surface area contributed by atoms with Crippen molar-refractivity contribution in [1.29, 1.82) is 0 Å². The molecule has 0 aliphatic carbocycles. The minimum Gasteiger partial charge on any atom is -0.463 e. The number of benzene rings is 2. The van der Waals surface area contributed by atoms with Crippen LogP contribution in [0, 0.1) is 0 Å². The summed E-state index contributed by atoms with van der Waals surface area (Å²) in [6.07, 6.45) is 2.29. The maximum absolute atomic E-state index is 12.2. The monoisotopic (exact) mass is 336 g/mol. The number of hydrogen-bond donors (Lipinski definition) is 0. The first kappa shape index (κ1) is 15.3. The molecule has 0 N–H and O–H groups in total. The van der Waals surface area contributed by atoms with Crippen LogP contribution in [0.2, 0.25) is 0 Å². The van der Waals surface area contributed by atoms with Gasteiger partial charge in [-0.15, -0.1) is 0 Å². The van der Waals surface area contributed by atoms with Crippen LogP contribution in [0.4, 0.5) is 4.79 Å². The highest BCUT2D eigenvalue weighted by atomic mass is 16.7. The van der Waals surface area contributed by atoms with Gasteiger partial charge in [-0.05, 0) is 35.5 Å². The lowest BCUT2D eigenvalue weighted by molar-refractivity contribution is -0.0548.